The molecule has 8 heteroatoms. The van der Waals surface area contributed by atoms with Gasteiger partial charge in [-0.2, -0.15) is 4.31 Å². The Bertz CT molecular complexity index is 1160. The molecule has 0 aliphatic carbocycles. The molecule has 1 aromatic carbocycles. The predicted molar refractivity (Wildman–Crippen MR) is 121 cm³/mol. The number of aromatic nitrogens is 3. The van der Waals surface area contributed by atoms with Crippen LogP contribution in [0.15, 0.2) is 53.4 Å². The number of benzene rings is 1. The van der Waals surface area contributed by atoms with E-state index in [1.54, 1.807) is 28.6 Å². The van der Waals surface area contributed by atoms with Crippen LogP contribution >= 0.6 is 0 Å². The molecule has 162 valence electrons. The first-order valence-electron chi connectivity index (χ1n) is 10.4. The van der Waals surface area contributed by atoms with Gasteiger partial charge in [-0.3, -0.25) is 4.98 Å². The van der Waals surface area contributed by atoms with E-state index in [9.17, 15) is 8.42 Å². The summed E-state index contributed by atoms with van der Waals surface area (Å²) in [6, 6.07) is 14.5. The predicted octanol–water partition coefficient (Wildman–Crippen LogP) is 4.11. The van der Waals surface area contributed by atoms with Crippen LogP contribution in [-0.4, -0.2) is 40.8 Å². The van der Waals surface area contributed by atoms with Crippen molar-refractivity contribution in [2.24, 2.45) is 0 Å². The monoisotopic (exact) mass is 437 g/mol. The molecule has 1 N–H and O–H groups in total. The molecule has 0 spiro atoms. The number of sulfonamides is 1. The van der Waals surface area contributed by atoms with Crippen LogP contribution in [0, 0.1) is 20.8 Å². The van der Waals surface area contributed by atoms with Crippen LogP contribution in [0.25, 0.3) is 0 Å². The molecule has 1 saturated heterocycles. The van der Waals surface area contributed by atoms with Crippen molar-refractivity contribution in [3.8, 4) is 0 Å². The van der Waals surface area contributed by atoms with Gasteiger partial charge < -0.3 is 5.32 Å². The SMILES string of the molecule is Cc1cc(Nc2nc(C)cc(C)n2)cc(C2CCCN(S(=O)(=O)c3ccccc3)C2)n1. The van der Waals surface area contributed by atoms with Gasteiger partial charge in [0.25, 0.3) is 0 Å². The Balaban J connectivity index is 1.58. The van der Waals surface area contributed by atoms with E-state index >= 15 is 0 Å². The van der Waals surface area contributed by atoms with E-state index < -0.39 is 10.0 Å². The molecule has 0 radical (unpaired) electrons. The quantitative estimate of drug-likeness (QED) is 0.646. The lowest BCUT2D eigenvalue weighted by atomic mass is 9.95. The Labute approximate surface area is 183 Å². The first-order chi connectivity index (χ1) is 14.8. The van der Waals surface area contributed by atoms with Crippen molar-refractivity contribution in [2.45, 2.75) is 44.4 Å². The van der Waals surface area contributed by atoms with Gasteiger partial charge in [0.05, 0.1) is 4.90 Å². The molecule has 3 aromatic rings. The molecule has 2 aromatic heterocycles. The van der Waals surface area contributed by atoms with Crippen LogP contribution in [0.3, 0.4) is 0 Å². The third-order valence-corrected chi connectivity index (χ3v) is 7.27. The highest BCUT2D eigenvalue weighted by molar-refractivity contribution is 7.89. The summed E-state index contributed by atoms with van der Waals surface area (Å²) in [5.41, 5.74) is 4.41. The molecule has 3 heterocycles. The second-order valence-electron chi connectivity index (χ2n) is 8.04. The Hall–Kier alpha value is -2.84. The number of rotatable bonds is 5. The number of pyridine rings is 1. The summed E-state index contributed by atoms with van der Waals surface area (Å²) in [5, 5.41) is 3.28. The number of anilines is 2. The van der Waals surface area contributed by atoms with Crippen LogP contribution < -0.4 is 5.32 Å². The zero-order valence-corrected chi connectivity index (χ0v) is 18.9. The highest BCUT2D eigenvalue weighted by Crippen LogP contribution is 2.31. The minimum Gasteiger partial charge on any atom is -0.324 e. The summed E-state index contributed by atoms with van der Waals surface area (Å²) in [4.78, 5) is 14.0. The lowest BCUT2D eigenvalue weighted by molar-refractivity contribution is 0.312. The number of hydrogen-bond acceptors (Lipinski definition) is 6. The Morgan fingerprint density at radius 1 is 0.935 bits per heavy atom. The van der Waals surface area contributed by atoms with Crippen molar-refractivity contribution in [1.29, 1.82) is 0 Å². The number of aryl methyl sites for hydroxylation is 3. The van der Waals surface area contributed by atoms with Crippen molar-refractivity contribution in [2.75, 3.05) is 18.4 Å². The summed E-state index contributed by atoms with van der Waals surface area (Å²) < 4.78 is 27.7. The van der Waals surface area contributed by atoms with E-state index in [0.29, 0.717) is 23.9 Å². The van der Waals surface area contributed by atoms with Gasteiger partial charge in [0.1, 0.15) is 0 Å². The van der Waals surface area contributed by atoms with Gasteiger partial charge in [-0.15, -0.1) is 0 Å². The smallest absolute Gasteiger partial charge is 0.243 e. The Kier molecular flexibility index (Phi) is 6.02. The molecule has 4 rings (SSSR count). The van der Waals surface area contributed by atoms with E-state index in [0.717, 1.165) is 41.3 Å². The maximum Gasteiger partial charge on any atom is 0.243 e. The average Bonchev–Trinajstić information content (AvgIpc) is 2.73. The van der Waals surface area contributed by atoms with Crippen LogP contribution in [-0.2, 0) is 10.0 Å². The highest BCUT2D eigenvalue weighted by atomic mass is 32.2. The van der Waals surface area contributed by atoms with Gasteiger partial charge in [-0.1, -0.05) is 18.2 Å². The molecule has 0 bridgehead atoms. The van der Waals surface area contributed by atoms with Crippen molar-refractivity contribution >= 4 is 21.7 Å². The van der Waals surface area contributed by atoms with Gasteiger partial charge in [-0.25, -0.2) is 18.4 Å². The van der Waals surface area contributed by atoms with Crippen molar-refractivity contribution in [1.82, 2.24) is 19.3 Å². The zero-order chi connectivity index (χ0) is 22.0. The Morgan fingerprint density at radius 3 is 2.32 bits per heavy atom. The second kappa shape index (κ2) is 8.72. The van der Waals surface area contributed by atoms with E-state index in [1.807, 2.05) is 45.0 Å². The Morgan fingerprint density at radius 2 is 1.61 bits per heavy atom. The standard InChI is InChI=1S/C23H27N5O2S/c1-16-12-17(2)26-23(25-16)27-20-13-18(3)24-22(14-20)19-8-7-11-28(15-19)31(29,30)21-9-5-4-6-10-21/h4-6,9-10,12-14,19H,7-8,11,15H2,1-3H3,(H,24,25,26,27). The van der Waals surface area contributed by atoms with E-state index in [1.165, 1.54) is 0 Å². The number of hydrogen-bond donors (Lipinski definition) is 1. The second-order valence-corrected chi connectivity index (χ2v) is 9.97. The van der Waals surface area contributed by atoms with E-state index in [2.05, 4.69) is 15.3 Å². The number of piperidine rings is 1. The molecule has 1 aliphatic rings. The van der Waals surface area contributed by atoms with Crippen LogP contribution in [0.1, 0.15) is 41.5 Å². The molecule has 0 saturated carbocycles. The van der Waals surface area contributed by atoms with E-state index in [4.69, 9.17) is 4.98 Å². The van der Waals surface area contributed by atoms with Gasteiger partial charge in [0, 0.05) is 47.5 Å². The maximum atomic E-state index is 13.1. The molecule has 1 fully saturated rings. The van der Waals surface area contributed by atoms with Gasteiger partial charge >= 0.3 is 0 Å². The minimum atomic E-state index is -3.51. The maximum absolute atomic E-state index is 13.1. The topological polar surface area (TPSA) is 88.1 Å². The molecule has 1 atom stereocenters. The van der Waals surface area contributed by atoms with Crippen molar-refractivity contribution < 1.29 is 8.42 Å². The van der Waals surface area contributed by atoms with Crippen LogP contribution in [0.2, 0.25) is 0 Å². The lowest BCUT2D eigenvalue weighted by Gasteiger charge is -2.32. The van der Waals surface area contributed by atoms with Gasteiger partial charge in [0.15, 0.2) is 0 Å². The molecule has 1 unspecified atom stereocenters. The third-order valence-electron chi connectivity index (χ3n) is 5.40. The largest absolute Gasteiger partial charge is 0.324 e. The molecule has 7 nitrogen and oxygen atoms in total. The summed E-state index contributed by atoms with van der Waals surface area (Å²) in [6.45, 7) is 6.77. The molecule has 31 heavy (non-hydrogen) atoms. The van der Waals surface area contributed by atoms with Crippen molar-refractivity contribution in [3.63, 3.8) is 0 Å². The summed E-state index contributed by atoms with van der Waals surface area (Å²) in [7, 11) is -3.51. The summed E-state index contributed by atoms with van der Waals surface area (Å²) >= 11 is 0. The average molecular weight is 438 g/mol. The highest BCUT2D eigenvalue weighted by Gasteiger charge is 2.31. The fourth-order valence-electron chi connectivity index (χ4n) is 4.03. The first kappa shape index (κ1) is 21.4. The summed E-state index contributed by atoms with van der Waals surface area (Å²) in [6.07, 6.45) is 1.70. The molecular formula is C23H27N5O2S. The molecular weight excluding hydrogens is 410 g/mol. The minimum absolute atomic E-state index is 0.0350. The number of nitrogens with one attached hydrogen (secondary N) is 1. The molecule has 0 amide bonds. The lowest BCUT2D eigenvalue weighted by Crippen LogP contribution is -2.39. The number of nitrogens with zero attached hydrogens (tertiary/aromatic N) is 4. The van der Waals surface area contributed by atoms with Gasteiger partial charge in [-0.05, 0) is 63.9 Å². The molecule has 1 aliphatic heterocycles. The summed E-state index contributed by atoms with van der Waals surface area (Å²) in [5.74, 6) is 0.582. The van der Waals surface area contributed by atoms with Crippen LogP contribution in [0.4, 0.5) is 11.6 Å². The normalized spacial score (nSPS) is 17.5. The third kappa shape index (κ3) is 4.91. The zero-order valence-electron chi connectivity index (χ0n) is 18.0. The fourth-order valence-corrected chi connectivity index (χ4v) is 5.58. The van der Waals surface area contributed by atoms with E-state index in [-0.39, 0.29) is 5.92 Å². The van der Waals surface area contributed by atoms with Crippen LogP contribution in [0.5, 0.6) is 0 Å². The first-order valence-corrected chi connectivity index (χ1v) is 11.9. The fraction of sp³-hybridized carbons (Fsp3) is 0.348. The van der Waals surface area contributed by atoms with Crippen molar-refractivity contribution in [3.05, 3.63) is 71.3 Å². The van der Waals surface area contributed by atoms with Gasteiger partial charge in [0.2, 0.25) is 16.0 Å².